The molecular formula is C19H24N2O. The average molecular weight is 296 g/mol. The van der Waals surface area contributed by atoms with Gasteiger partial charge in [-0.15, -0.1) is 0 Å². The molecule has 1 saturated heterocycles. The van der Waals surface area contributed by atoms with Crippen LogP contribution in [0.15, 0.2) is 48.8 Å². The highest BCUT2D eigenvalue weighted by atomic mass is 16.5. The highest BCUT2D eigenvalue weighted by Gasteiger charge is 2.27. The monoisotopic (exact) mass is 296 g/mol. The molecule has 1 aromatic carbocycles. The van der Waals surface area contributed by atoms with Gasteiger partial charge in [0.05, 0.1) is 7.11 Å². The van der Waals surface area contributed by atoms with Crippen molar-refractivity contribution in [1.29, 1.82) is 0 Å². The van der Waals surface area contributed by atoms with E-state index in [2.05, 4.69) is 47.1 Å². The van der Waals surface area contributed by atoms with Crippen LogP contribution in [0.2, 0.25) is 0 Å². The Morgan fingerprint density at radius 3 is 2.73 bits per heavy atom. The van der Waals surface area contributed by atoms with Crippen molar-refractivity contribution in [2.75, 3.05) is 20.2 Å². The van der Waals surface area contributed by atoms with Gasteiger partial charge in [-0.3, -0.25) is 9.88 Å². The molecule has 1 aliphatic rings. The lowest BCUT2D eigenvalue weighted by molar-refractivity contribution is 0.160. The van der Waals surface area contributed by atoms with Gasteiger partial charge in [-0.1, -0.05) is 25.1 Å². The summed E-state index contributed by atoms with van der Waals surface area (Å²) in [5.41, 5.74) is 2.72. The maximum Gasteiger partial charge on any atom is 0.118 e. The molecule has 1 aromatic heterocycles. The van der Waals surface area contributed by atoms with Crippen molar-refractivity contribution < 1.29 is 4.74 Å². The predicted molar refractivity (Wildman–Crippen MR) is 89.0 cm³/mol. The van der Waals surface area contributed by atoms with Crippen LogP contribution in [0.4, 0.5) is 0 Å². The largest absolute Gasteiger partial charge is 0.497 e. The lowest BCUT2D eigenvalue weighted by Gasteiger charge is -2.37. The van der Waals surface area contributed by atoms with Gasteiger partial charge in [-0.25, -0.2) is 0 Å². The minimum absolute atomic E-state index is 0.594. The molecule has 116 valence electrons. The number of aromatic nitrogens is 1. The van der Waals surface area contributed by atoms with E-state index < -0.39 is 0 Å². The van der Waals surface area contributed by atoms with Gasteiger partial charge >= 0.3 is 0 Å². The molecule has 2 heterocycles. The number of methoxy groups -OCH3 is 1. The van der Waals surface area contributed by atoms with Gasteiger partial charge in [0.2, 0.25) is 0 Å². The average Bonchev–Trinajstić information content (AvgIpc) is 2.58. The van der Waals surface area contributed by atoms with Crippen molar-refractivity contribution in [3.05, 3.63) is 59.9 Å². The van der Waals surface area contributed by atoms with Gasteiger partial charge < -0.3 is 4.74 Å². The quantitative estimate of drug-likeness (QED) is 0.860. The second kappa shape index (κ2) is 6.93. The summed E-state index contributed by atoms with van der Waals surface area (Å²) >= 11 is 0. The molecule has 0 saturated carbocycles. The topological polar surface area (TPSA) is 25.4 Å². The Morgan fingerprint density at radius 1 is 1.23 bits per heavy atom. The van der Waals surface area contributed by atoms with Crippen LogP contribution in [0.25, 0.3) is 0 Å². The molecule has 2 unspecified atom stereocenters. The lowest BCUT2D eigenvalue weighted by atomic mass is 9.82. The van der Waals surface area contributed by atoms with Crippen molar-refractivity contribution in [3.63, 3.8) is 0 Å². The Morgan fingerprint density at radius 2 is 2.05 bits per heavy atom. The van der Waals surface area contributed by atoms with Crippen LogP contribution in [-0.2, 0) is 6.54 Å². The molecule has 0 bridgehead atoms. The second-order valence-electron chi connectivity index (χ2n) is 6.24. The molecule has 0 radical (unpaired) electrons. The second-order valence-corrected chi connectivity index (χ2v) is 6.24. The summed E-state index contributed by atoms with van der Waals surface area (Å²) in [5.74, 6) is 2.24. The number of piperidine rings is 1. The first kappa shape index (κ1) is 15.0. The SMILES string of the molecule is COc1ccc(C2CN(Cc3cccnc3)CCC2C)cc1. The fourth-order valence-electron chi connectivity index (χ4n) is 3.32. The van der Waals surface area contributed by atoms with Gasteiger partial charge in [0.15, 0.2) is 0 Å². The van der Waals surface area contributed by atoms with Crippen LogP contribution < -0.4 is 4.74 Å². The summed E-state index contributed by atoms with van der Waals surface area (Å²) in [7, 11) is 1.72. The molecule has 0 N–H and O–H groups in total. The molecule has 2 aromatic rings. The molecule has 1 aliphatic heterocycles. The molecule has 3 rings (SSSR count). The Hall–Kier alpha value is -1.87. The van der Waals surface area contributed by atoms with Crippen LogP contribution in [0.1, 0.15) is 30.4 Å². The molecular weight excluding hydrogens is 272 g/mol. The van der Waals surface area contributed by atoms with Crippen molar-refractivity contribution >= 4 is 0 Å². The zero-order valence-electron chi connectivity index (χ0n) is 13.4. The molecule has 1 fully saturated rings. The summed E-state index contributed by atoms with van der Waals surface area (Å²) < 4.78 is 5.27. The van der Waals surface area contributed by atoms with E-state index in [0.717, 1.165) is 24.8 Å². The van der Waals surface area contributed by atoms with E-state index in [9.17, 15) is 0 Å². The number of hydrogen-bond donors (Lipinski definition) is 0. The van der Waals surface area contributed by atoms with Crippen LogP contribution in [-0.4, -0.2) is 30.1 Å². The maximum atomic E-state index is 5.27. The summed E-state index contributed by atoms with van der Waals surface area (Å²) in [6.07, 6.45) is 5.05. The van der Waals surface area contributed by atoms with E-state index in [1.165, 1.54) is 24.1 Å². The normalized spacial score (nSPS) is 22.5. The van der Waals surface area contributed by atoms with Crippen molar-refractivity contribution in [1.82, 2.24) is 9.88 Å². The van der Waals surface area contributed by atoms with Gasteiger partial charge in [0, 0.05) is 25.5 Å². The third-order valence-corrected chi connectivity index (χ3v) is 4.72. The van der Waals surface area contributed by atoms with E-state index in [0.29, 0.717) is 5.92 Å². The van der Waals surface area contributed by atoms with E-state index in [4.69, 9.17) is 4.74 Å². The van der Waals surface area contributed by atoms with Gasteiger partial charge in [0.25, 0.3) is 0 Å². The Kier molecular flexibility index (Phi) is 4.74. The molecule has 2 atom stereocenters. The Bertz CT molecular complexity index is 582. The Labute approximate surface area is 132 Å². The fraction of sp³-hybridized carbons (Fsp3) is 0.421. The van der Waals surface area contributed by atoms with Crippen molar-refractivity contribution in [3.8, 4) is 5.75 Å². The molecule has 3 nitrogen and oxygen atoms in total. The number of pyridine rings is 1. The number of hydrogen-bond acceptors (Lipinski definition) is 3. The minimum Gasteiger partial charge on any atom is -0.497 e. The molecule has 0 spiro atoms. The van der Waals surface area contributed by atoms with Crippen molar-refractivity contribution in [2.24, 2.45) is 5.92 Å². The van der Waals surface area contributed by atoms with Gasteiger partial charge in [-0.05, 0) is 54.1 Å². The fourth-order valence-corrected chi connectivity index (χ4v) is 3.32. The van der Waals surface area contributed by atoms with E-state index in [1.54, 1.807) is 7.11 Å². The lowest BCUT2D eigenvalue weighted by Crippen LogP contribution is -2.37. The van der Waals surface area contributed by atoms with Crippen molar-refractivity contribution in [2.45, 2.75) is 25.8 Å². The highest BCUT2D eigenvalue weighted by Crippen LogP contribution is 2.33. The third-order valence-electron chi connectivity index (χ3n) is 4.72. The van der Waals surface area contributed by atoms with Crippen LogP contribution in [0, 0.1) is 5.92 Å². The van der Waals surface area contributed by atoms with Gasteiger partial charge in [0.1, 0.15) is 5.75 Å². The summed E-state index contributed by atoms with van der Waals surface area (Å²) in [4.78, 5) is 6.77. The van der Waals surface area contributed by atoms with Crippen LogP contribution in [0.5, 0.6) is 5.75 Å². The first-order chi connectivity index (χ1) is 10.8. The van der Waals surface area contributed by atoms with Crippen LogP contribution in [0.3, 0.4) is 0 Å². The summed E-state index contributed by atoms with van der Waals surface area (Å²) in [5, 5.41) is 0. The number of benzene rings is 1. The molecule has 0 amide bonds. The number of rotatable bonds is 4. The highest BCUT2D eigenvalue weighted by molar-refractivity contribution is 5.30. The molecule has 22 heavy (non-hydrogen) atoms. The first-order valence-electron chi connectivity index (χ1n) is 8.01. The molecule has 3 heteroatoms. The summed E-state index contributed by atoms with van der Waals surface area (Å²) in [6, 6.07) is 12.8. The standard InChI is InChI=1S/C19H24N2O/c1-15-9-11-21(13-16-4-3-10-20-12-16)14-19(15)17-5-7-18(22-2)8-6-17/h3-8,10,12,15,19H,9,11,13-14H2,1-2H3. The smallest absolute Gasteiger partial charge is 0.118 e. The zero-order chi connectivity index (χ0) is 15.4. The number of nitrogens with zero attached hydrogens (tertiary/aromatic N) is 2. The third kappa shape index (κ3) is 3.47. The predicted octanol–water partition coefficient (Wildman–Crippen LogP) is 3.72. The summed E-state index contributed by atoms with van der Waals surface area (Å²) in [6.45, 7) is 5.65. The maximum absolute atomic E-state index is 5.27. The molecule has 0 aliphatic carbocycles. The number of likely N-dealkylation sites (tertiary alicyclic amines) is 1. The number of ether oxygens (including phenoxy) is 1. The van der Waals surface area contributed by atoms with E-state index >= 15 is 0 Å². The van der Waals surface area contributed by atoms with Gasteiger partial charge in [-0.2, -0.15) is 0 Å². The Balaban J connectivity index is 1.70. The minimum atomic E-state index is 0.594. The van der Waals surface area contributed by atoms with E-state index in [1.807, 2.05) is 18.5 Å². The first-order valence-corrected chi connectivity index (χ1v) is 8.01. The van der Waals surface area contributed by atoms with E-state index in [-0.39, 0.29) is 0 Å². The zero-order valence-corrected chi connectivity index (χ0v) is 13.4. The van der Waals surface area contributed by atoms with Crippen LogP contribution >= 0.6 is 0 Å².